The first-order chi connectivity index (χ1) is 8.33. The van der Waals surface area contributed by atoms with Crippen molar-refractivity contribution in [3.8, 4) is 0 Å². The molecule has 0 spiro atoms. The van der Waals surface area contributed by atoms with Gasteiger partial charge in [-0.15, -0.1) is 22.7 Å². The van der Waals surface area contributed by atoms with Crippen LogP contribution < -0.4 is 0 Å². The van der Waals surface area contributed by atoms with E-state index in [1.165, 1.54) is 39.5 Å². The number of rotatable bonds is 4. The highest BCUT2D eigenvalue weighted by molar-refractivity contribution is 7.12. The van der Waals surface area contributed by atoms with Crippen molar-refractivity contribution in [1.82, 2.24) is 0 Å². The number of aliphatic hydroxyl groups is 1. The maximum Gasteiger partial charge on any atom is 0.0885 e. The summed E-state index contributed by atoms with van der Waals surface area (Å²) >= 11 is 3.60. The number of thiophene rings is 2. The molecule has 0 radical (unpaired) electrons. The minimum absolute atomic E-state index is 0.271. The third-order valence-electron chi connectivity index (χ3n) is 3.34. The molecule has 2 aromatic heterocycles. The topological polar surface area (TPSA) is 20.2 Å². The molecule has 0 aromatic carbocycles. The smallest absolute Gasteiger partial charge is 0.0885 e. The van der Waals surface area contributed by atoms with Gasteiger partial charge in [-0.3, -0.25) is 0 Å². The summed E-state index contributed by atoms with van der Waals surface area (Å²) in [7, 11) is 0. The molecule has 2 aromatic rings. The van der Waals surface area contributed by atoms with Crippen LogP contribution in [0.3, 0.4) is 0 Å². The zero-order valence-corrected chi connectivity index (χ0v) is 11.3. The van der Waals surface area contributed by atoms with E-state index in [9.17, 15) is 5.11 Å². The maximum atomic E-state index is 10.2. The Morgan fingerprint density at radius 3 is 3.06 bits per heavy atom. The lowest BCUT2D eigenvalue weighted by Crippen LogP contribution is -1.96. The molecule has 0 fully saturated rings. The van der Waals surface area contributed by atoms with Gasteiger partial charge < -0.3 is 5.11 Å². The molecule has 1 aliphatic carbocycles. The Labute approximate surface area is 110 Å². The minimum atomic E-state index is -0.271. The standard InChI is InChI=1S/C14H16OS2/c15-12(7-6-11-4-2-8-16-11)14-9-10-3-1-5-13(10)17-14/h2,4,8-9,12,15H,1,3,5-7H2. The monoisotopic (exact) mass is 264 g/mol. The van der Waals surface area contributed by atoms with Crippen LogP contribution in [0.15, 0.2) is 23.6 Å². The number of hydrogen-bond donors (Lipinski definition) is 1. The minimum Gasteiger partial charge on any atom is -0.388 e. The Balaban J connectivity index is 1.63. The van der Waals surface area contributed by atoms with Crippen LogP contribution in [-0.4, -0.2) is 5.11 Å². The van der Waals surface area contributed by atoms with E-state index in [4.69, 9.17) is 0 Å². The van der Waals surface area contributed by atoms with Gasteiger partial charge in [0.1, 0.15) is 0 Å². The molecule has 3 rings (SSSR count). The average molecular weight is 264 g/mol. The summed E-state index contributed by atoms with van der Waals surface area (Å²) in [5.74, 6) is 0. The van der Waals surface area contributed by atoms with Crippen molar-refractivity contribution in [2.45, 2.75) is 38.2 Å². The predicted molar refractivity (Wildman–Crippen MR) is 73.9 cm³/mol. The molecule has 17 heavy (non-hydrogen) atoms. The normalized spacial score (nSPS) is 16.1. The van der Waals surface area contributed by atoms with E-state index in [1.54, 1.807) is 11.3 Å². The zero-order chi connectivity index (χ0) is 11.7. The summed E-state index contributed by atoms with van der Waals surface area (Å²) in [6, 6.07) is 6.45. The largest absolute Gasteiger partial charge is 0.388 e. The molecule has 1 aliphatic rings. The van der Waals surface area contributed by atoms with Crippen LogP contribution in [0.1, 0.15) is 39.1 Å². The molecular weight excluding hydrogens is 248 g/mol. The fourth-order valence-corrected chi connectivity index (χ4v) is 4.40. The summed E-state index contributed by atoms with van der Waals surface area (Å²) in [6.45, 7) is 0. The number of aryl methyl sites for hydroxylation is 3. The fraction of sp³-hybridized carbons (Fsp3) is 0.429. The van der Waals surface area contributed by atoms with Crippen LogP contribution in [0.5, 0.6) is 0 Å². The fourth-order valence-electron chi connectivity index (χ4n) is 2.39. The van der Waals surface area contributed by atoms with Crippen molar-refractivity contribution in [3.63, 3.8) is 0 Å². The SMILES string of the molecule is OC(CCc1cccs1)c1cc2c(s1)CCC2. The van der Waals surface area contributed by atoms with Gasteiger partial charge in [-0.25, -0.2) is 0 Å². The van der Waals surface area contributed by atoms with Gasteiger partial charge in [0, 0.05) is 14.6 Å². The number of aliphatic hydroxyl groups excluding tert-OH is 1. The van der Waals surface area contributed by atoms with Gasteiger partial charge in [0.05, 0.1) is 6.10 Å². The molecule has 0 aliphatic heterocycles. The van der Waals surface area contributed by atoms with E-state index < -0.39 is 0 Å². The van der Waals surface area contributed by atoms with Gasteiger partial charge in [-0.2, -0.15) is 0 Å². The van der Waals surface area contributed by atoms with Crippen molar-refractivity contribution in [3.05, 3.63) is 43.8 Å². The molecule has 90 valence electrons. The van der Waals surface area contributed by atoms with Gasteiger partial charge in [0.15, 0.2) is 0 Å². The third kappa shape index (κ3) is 2.46. The molecule has 1 atom stereocenters. The molecule has 0 saturated heterocycles. The lowest BCUT2D eigenvalue weighted by atomic mass is 10.1. The Morgan fingerprint density at radius 2 is 2.29 bits per heavy atom. The first-order valence-corrected chi connectivity index (χ1v) is 7.84. The highest BCUT2D eigenvalue weighted by atomic mass is 32.1. The van der Waals surface area contributed by atoms with Crippen molar-refractivity contribution in [2.75, 3.05) is 0 Å². The Hall–Kier alpha value is -0.640. The third-order valence-corrected chi connectivity index (χ3v) is 5.61. The molecule has 0 amide bonds. The zero-order valence-electron chi connectivity index (χ0n) is 9.69. The van der Waals surface area contributed by atoms with E-state index >= 15 is 0 Å². The molecule has 1 N–H and O–H groups in total. The summed E-state index contributed by atoms with van der Waals surface area (Å²) in [6.07, 6.45) is 5.29. The molecule has 1 nitrogen and oxygen atoms in total. The van der Waals surface area contributed by atoms with Crippen LogP contribution in [0.4, 0.5) is 0 Å². The van der Waals surface area contributed by atoms with Crippen molar-refractivity contribution < 1.29 is 5.11 Å². The lowest BCUT2D eigenvalue weighted by Gasteiger charge is -2.07. The highest BCUT2D eigenvalue weighted by Crippen LogP contribution is 2.35. The molecule has 1 unspecified atom stereocenters. The van der Waals surface area contributed by atoms with E-state index in [1.807, 2.05) is 11.3 Å². The van der Waals surface area contributed by atoms with Gasteiger partial charge in [-0.05, 0) is 55.2 Å². The average Bonchev–Trinajstić information content (AvgIpc) is 3.01. The van der Waals surface area contributed by atoms with Crippen LogP contribution in [0.25, 0.3) is 0 Å². The predicted octanol–water partition coefficient (Wildman–Crippen LogP) is 3.96. The quantitative estimate of drug-likeness (QED) is 0.886. The van der Waals surface area contributed by atoms with Crippen LogP contribution in [-0.2, 0) is 19.3 Å². The second-order valence-electron chi connectivity index (χ2n) is 4.58. The van der Waals surface area contributed by atoms with E-state index in [-0.39, 0.29) is 6.10 Å². The van der Waals surface area contributed by atoms with Crippen molar-refractivity contribution in [2.24, 2.45) is 0 Å². The Kier molecular flexibility index (Phi) is 3.32. The number of fused-ring (bicyclic) bond motifs is 1. The van der Waals surface area contributed by atoms with E-state index in [0.29, 0.717) is 0 Å². The molecule has 2 heterocycles. The van der Waals surface area contributed by atoms with Gasteiger partial charge in [0.25, 0.3) is 0 Å². The molecule has 3 heteroatoms. The second-order valence-corrected chi connectivity index (χ2v) is 6.79. The summed E-state index contributed by atoms with van der Waals surface area (Å²) in [5.41, 5.74) is 1.49. The van der Waals surface area contributed by atoms with E-state index in [2.05, 4.69) is 23.6 Å². The summed E-state index contributed by atoms with van der Waals surface area (Å²) in [4.78, 5) is 4.05. The summed E-state index contributed by atoms with van der Waals surface area (Å²) < 4.78 is 0. The Morgan fingerprint density at radius 1 is 1.35 bits per heavy atom. The van der Waals surface area contributed by atoms with Gasteiger partial charge in [-0.1, -0.05) is 6.07 Å². The first kappa shape index (κ1) is 11.5. The van der Waals surface area contributed by atoms with E-state index in [0.717, 1.165) is 12.8 Å². The summed E-state index contributed by atoms with van der Waals surface area (Å²) in [5, 5.41) is 12.3. The maximum absolute atomic E-state index is 10.2. The molecule has 0 bridgehead atoms. The van der Waals surface area contributed by atoms with Crippen LogP contribution in [0.2, 0.25) is 0 Å². The number of hydrogen-bond acceptors (Lipinski definition) is 3. The van der Waals surface area contributed by atoms with Crippen molar-refractivity contribution in [1.29, 1.82) is 0 Å². The van der Waals surface area contributed by atoms with Crippen molar-refractivity contribution >= 4 is 22.7 Å². The first-order valence-electron chi connectivity index (χ1n) is 6.15. The highest BCUT2D eigenvalue weighted by Gasteiger charge is 2.18. The van der Waals surface area contributed by atoms with Crippen LogP contribution in [0, 0.1) is 0 Å². The van der Waals surface area contributed by atoms with Gasteiger partial charge in [0.2, 0.25) is 0 Å². The molecular formula is C14H16OS2. The van der Waals surface area contributed by atoms with Crippen LogP contribution >= 0.6 is 22.7 Å². The molecule has 0 saturated carbocycles. The Bertz CT molecular complexity index is 463. The second kappa shape index (κ2) is 4.92. The van der Waals surface area contributed by atoms with Gasteiger partial charge >= 0.3 is 0 Å². The lowest BCUT2D eigenvalue weighted by molar-refractivity contribution is 0.172.